The number of hydrogen-bond donors (Lipinski definition) is 1. The molecule has 1 aliphatic rings. The van der Waals surface area contributed by atoms with Crippen LogP contribution in [0.25, 0.3) is 0 Å². The minimum absolute atomic E-state index is 0.0299. The van der Waals surface area contributed by atoms with E-state index < -0.39 is 11.3 Å². The van der Waals surface area contributed by atoms with Gasteiger partial charge in [0, 0.05) is 30.9 Å². The average molecular weight is 284 g/mol. The summed E-state index contributed by atoms with van der Waals surface area (Å²) in [6.07, 6.45) is 0.521. The molecule has 112 valence electrons. The lowest BCUT2D eigenvalue weighted by Crippen LogP contribution is -2.42. The Balaban J connectivity index is 2.23. The van der Waals surface area contributed by atoms with E-state index in [0.717, 1.165) is 5.69 Å². The summed E-state index contributed by atoms with van der Waals surface area (Å²) in [5.74, 6) is -2.03. The summed E-state index contributed by atoms with van der Waals surface area (Å²) in [5, 5.41) is 0. The first kappa shape index (κ1) is 15.2. The zero-order chi connectivity index (χ0) is 14.8. The Labute approximate surface area is 118 Å². The molecule has 0 amide bonds. The maximum atomic E-state index is 13.4. The molecule has 3 nitrogen and oxygen atoms in total. The van der Waals surface area contributed by atoms with Gasteiger partial charge in [0.1, 0.15) is 0 Å². The lowest BCUT2D eigenvalue weighted by Gasteiger charge is -2.39. The number of rotatable bonds is 4. The van der Waals surface area contributed by atoms with Crippen molar-refractivity contribution in [3.63, 3.8) is 0 Å². The molecule has 1 fully saturated rings. The van der Waals surface area contributed by atoms with Crippen molar-refractivity contribution in [2.45, 2.75) is 57.0 Å². The third-order valence-electron chi connectivity index (χ3n) is 3.95. The third kappa shape index (κ3) is 3.26. The molecule has 1 aromatic heterocycles. The van der Waals surface area contributed by atoms with E-state index in [1.807, 2.05) is 26.0 Å². The van der Waals surface area contributed by atoms with E-state index in [-0.39, 0.29) is 18.9 Å². The van der Waals surface area contributed by atoms with Crippen molar-refractivity contribution in [3.05, 3.63) is 23.9 Å². The molecule has 0 radical (unpaired) electrons. The summed E-state index contributed by atoms with van der Waals surface area (Å²) in [6.45, 7) is 4.18. The van der Waals surface area contributed by atoms with Gasteiger partial charge < -0.3 is 10.5 Å². The van der Waals surface area contributed by atoms with Gasteiger partial charge >= 0.3 is 0 Å². The summed E-state index contributed by atoms with van der Waals surface area (Å²) in [4.78, 5) is 4.48. The van der Waals surface area contributed by atoms with Crippen LogP contribution < -0.4 is 10.5 Å². The smallest absolute Gasteiger partial charge is 0.248 e. The highest BCUT2D eigenvalue weighted by atomic mass is 19.3. The lowest BCUT2D eigenvalue weighted by molar-refractivity contribution is -0.0514. The fourth-order valence-corrected chi connectivity index (χ4v) is 2.68. The molecule has 0 saturated heterocycles. The van der Waals surface area contributed by atoms with E-state index in [4.69, 9.17) is 10.5 Å². The molecule has 0 aromatic carbocycles. The summed E-state index contributed by atoms with van der Waals surface area (Å²) < 4.78 is 32.3. The van der Waals surface area contributed by atoms with Crippen molar-refractivity contribution in [1.82, 2.24) is 4.98 Å². The van der Waals surface area contributed by atoms with Gasteiger partial charge in [0.2, 0.25) is 11.8 Å². The molecule has 5 heteroatoms. The van der Waals surface area contributed by atoms with Gasteiger partial charge in [0.15, 0.2) is 0 Å². The van der Waals surface area contributed by atoms with Gasteiger partial charge in [-0.1, -0.05) is 6.07 Å². The van der Waals surface area contributed by atoms with Crippen molar-refractivity contribution in [2.24, 2.45) is 5.73 Å². The SMILES string of the molecule is CC(C)Oc1cccc(C2(CN)CCC(F)(F)CC2)n1. The highest BCUT2D eigenvalue weighted by molar-refractivity contribution is 5.24. The van der Waals surface area contributed by atoms with E-state index in [1.165, 1.54) is 0 Å². The summed E-state index contributed by atoms with van der Waals surface area (Å²) in [6, 6.07) is 5.50. The van der Waals surface area contributed by atoms with Gasteiger partial charge in [-0.3, -0.25) is 0 Å². The third-order valence-corrected chi connectivity index (χ3v) is 3.95. The highest BCUT2D eigenvalue weighted by Gasteiger charge is 2.44. The first-order chi connectivity index (χ1) is 9.37. The van der Waals surface area contributed by atoms with Crippen LogP contribution in [0.5, 0.6) is 5.88 Å². The Hall–Kier alpha value is -1.23. The Morgan fingerprint density at radius 3 is 2.45 bits per heavy atom. The molecule has 0 spiro atoms. The van der Waals surface area contributed by atoms with Crippen LogP contribution in [0.3, 0.4) is 0 Å². The van der Waals surface area contributed by atoms with Crippen LogP contribution in [0.1, 0.15) is 45.2 Å². The Morgan fingerprint density at radius 1 is 1.25 bits per heavy atom. The summed E-state index contributed by atoms with van der Waals surface area (Å²) in [7, 11) is 0. The van der Waals surface area contributed by atoms with Crippen LogP contribution in [-0.2, 0) is 5.41 Å². The Kier molecular flexibility index (Phi) is 4.28. The number of pyridine rings is 1. The van der Waals surface area contributed by atoms with Gasteiger partial charge in [-0.05, 0) is 32.8 Å². The molecular formula is C15H22F2N2O. The van der Waals surface area contributed by atoms with Crippen LogP contribution in [0.2, 0.25) is 0 Å². The van der Waals surface area contributed by atoms with Crippen molar-refractivity contribution in [3.8, 4) is 5.88 Å². The van der Waals surface area contributed by atoms with Gasteiger partial charge in [-0.25, -0.2) is 13.8 Å². The van der Waals surface area contributed by atoms with Gasteiger partial charge in [0.25, 0.3) is 0 Å². The zero-order valence-corrected chi connectivity index (χ0v) is 12.0. The molecule has 0 unspecified atom stereocenters. The molecule has 1 heterocycles. The van der Waals surface area contributed by atoms with Crippen LogP contribution in [0.4, 0.5) is 8.78 Å². The second kappa shape index (κ2) is 5.64. The molecular weight excluding hydrogens is 262 g/mol. The number of alkyl halides is 2. The topological polar surface area (TPSA) is 48.1 Å². The van der Waals surface area contributed by atoms with Gasteiger partial charge in [-0.15, -0.1) is 0 Å². The molecule has 2 N–H and O–H groups in total. The molecule has 20 heavy (non-hydrogen) atoms. The van der Waals surface area contributed by atoms with Crippen molar-refractivity contribution in [2.75, 3.05) is 6.54 Å². The van der Waals surface area contributed by atoms with E-state index >= 15 is 0 Å². The minimum Gasteiger partial charge on any atom is -0.475 e. The summed E-state index contributed by atoms with van der Waals surface area (Å²) in [5.41, 5.74) is 6.21. The monoisotopic (exact) mass is 284 g/mol. The summed E-state index contributed by atoms with van der Waals surface area (Å²) >= 11 is 0. The first-order valence-corrected chi connectivity index (χ1v) is 7.09. The maximum absolute atomic E-state index is 13.4. The zero-order valence-electron chi connectivity index (χ0n) is 12.0. The van der Waals surface area contributed by atoms with E-state index in [2.05, 4.69) is 4.98 Å². The second-order valence-corrected chi connectivity index (χ2v) is 5.87. The number of nitrogens with two attached hydrogens (primary N) is 1. The van der Waals surface area contributed by atoms with Crippen LogP contribution in [0.15, 0.2) is 18.2 Å². The Bertz CT molecular complexity index is 453. The van der Waals surface area contributed by atoms with Gasteiger partial charge in [0.05, 0.1) is 11.8 Å². The fraction of sp³-hybridized carbons (Fsp3) is 0.667. The number of aromatic nitrogens is 1. The second-order valence-electron chi connectivity index (χ2n) is 5.87. The van der Waals surface area contributed by atoms with Crippen LogP contribution >= 0.6 is 0 Å². The maximum Gasteiger partial charge on any atom is 0.248 e. The van der Waals surface area contributed by atoms with Crippen molar-refractivity contribution >= 4 is 0 Å². The number of halogens is 2. The quantitative estimate of drug-likeness (QED) is 0.923. The molecule has 0 atom stereocenters. The standard InChI is InChI=1S/C15H22F2N2O/c1-11(2)20-13-5-3-4-12(19-13)14(10-18)6-8-15(16,17)9-7-14/h3-5,11H,6-10,18H2,1-2H3. The largest absolute Gasteiger partial charge is 0.475 e. The minimum atomic E-state index is -2.56. The lowest BCUT2D eigenvalue weighted by atomic mass is 9.70. The molecule has 0 bridgehead atoms. The highest BCUT2D eigenvalue weighted by Crippen LogP contribution is 2.44. The number of nitrogens with zero attached hydrogens (tertiary/aromatic N) is 1. The molecule has 2 rings (SSSR count). The molecule has 0 aliphatic heterocycles. The number of ether oxygens (including phenoxy) is 1. The van der Waals surface area contributed by atoms with E-state index in [9.17, 15) is 8.78 Å². The molecule has 1 aromatic rings. The first-order valence-electron chi connectivity index (χ1n) is 7.09. The average Bonchev–Trinajstić information content (AvgIpc) is 2.39. The predicted octanol–water partition coefficient (Wildman–Crippen LogP) is 3.27. The van der Waals surface area contributed by atoms with E-state index in [0.29, 0.717) is 25.3 Å². The molecule has 1 saturated carbocycles. The van der Waals surface area contributed by atoms with Gasteiger partial charge in [-0.2, -0.15) is 0 Å². The van der Waals surface area contributed by atoms with E-state index in [1.54, 1.807) is 6.07 Å². The van der Waals surface area contributed by atoms with Crippen LogP contribution in [0, 0.1) is 0 Å². The van der Waals surface area contributed by atoms with Crippen LogP contribution in [-0.4, -0.2) is 23.6 Å². The molecule has 1 aliphatic carbocycles. The predicted molar refractivity (Wildman–Crippen MR) is 74.1 cm³/mol. The number of hydrogen-bond acceptors (Lipinski definition) is 3. The Morgan fingerprint density at radius 2 is 1.90 bits per heavy atom. The fourth-order valence-electron chi connectivity index (χ4n) is 2.68. The van der Waals surface area contributed by atoms with Crippen molar-refractivity contribution < 1.29 is 13.5 Å². The normalized spacial score (nSPS) is 20.9. The van der Waals surface area contributed by atoms with Crippen molar-refractivity contribution in [1.29, 1.82) is 0 Å².